The molecule has 2 N–H and O–H groups in total. The molecule has 0 unspecified atom stereocenters. The number of carbonyl (C=O) groups excluding carboxylic acids is 1. The number of nitrogens with one attached hydrogen (secondary N) is 1. The van der Waals surface area contributed by atoms with Gasteiger partial charge in [-0.05, 0) is 68.7 Å². The molecule has 0 aliphatic heterocycles. The lowest BCUT2D eigenvalue weighted by Gasteiger charge is -2.14. The van der Waals surface area contributed by atoms with Gasteiger partial charge >= 0.3 is 5.97 Å². The highest BCUT2D eigenvalue weighted by molar-refractivity contribution is 6.30. The van der Waals surface area contributed by atoms with Crippen LogP contribution in [0.3, 0.4) is 0 Å². The van der Waals surface area contributed by atoms with E-state index in [0.29, 0.717) is 52.3 Å². The minimum atomic E-state index is -0.835. The number of aliphatic carboxylic acids is 1. The molecule has 1 amide bonds. The van der Waals surface area contributed by atoms with Gasteiger partial charge in [-0.3, -0.25) is 14.6 Å². The fraction of sp³-hybridized carbons (Fsp3) is 0.222. The van der Waals surface area contributed by atoms with Gasteiger partial charge in [0.05, 0.1) is 40.4 Å². The highest BCUT2D eigenvalue weighted by Gasteiger charge is 2.16. The van der Waals surface area contributed by atoms with Gasteiger partial charge in [0.1, 0.15) is 5.82 Å². The quantitative estimate of drug-likeness (QED) is 0.279. The van der Waals surface area contributed by atoms with Crippen molar-refractivity contribution >= 4 is 34.5 Å². The van der Waals surface area contributed by atoms with Crippen molar-refractivity contribution in [1.82, 2.24) is 20.3 Å². The van der Waals surface area contributed by atoms with Gasteiger partial charge in [0, 0.05) is 22.6 Å². The van der Waals surface area contributed by atoms with E-state index in [1.807, 2.05) is 12.1 Å². The third-order valence-corrected chi connectivity index (χ3v) is 5.96. The third-order valence-electron chi connectivity index (χ3n) is 5.71. The molecule has 36 heavy (non-hydrogen) atoms. The lowest BCUT2D eigenvalue weighted by atomic mass is 10.0. The summed E-state index contributed by atoms with van der Waals surface area (Å²) in [4.78, 5) is 37.4. The van der Waals surface area contributed by atoms with E-state index in [2.05, 4.69) is 10.3 Å². The molecule has 4 rings (SSSR count). The van der Waals surface area contributed by atoms with Gasteiger partial charge in [0.2, 0.25) is 0 Å². The Kier molecular flexibility index (Phi) is 7.85. The van der Waals surface area contributed by atoms with Crippen molar-refractivity contribution in [2.24, 2.45) is 0 Å². The first-order chi connectivity index (χ1) is 17.3. The Morgan fingerprint density at radius 2 is 1.81 bits per heavy atom. The predicted octanol–water partition coefficient (Wildman–Crippen LogP) is 5.77. The van der Waals surface area contributed by atoms with E-state index in [-0.39, 0.29) is 12.3 Å². The summed E-state index contributed by atoms with van der Waals surface area (Å²) in [7, 11) is 0. The van der Waals surface area contributed by atoms with Crippen LogP contribution in [0.4, 0.5) is 4.39 Å². The van der Waals surface area contributed by atoms with E-state index in [4.69, 9.17) is 26.7 Å². The Hall–Kier alpha value is -3.91. The minimum absolute atomic E-state index is 0.0860. The van der Waals surface area contributed by atoms with Crippen LogP contribution in [0.15, 0.2) is 60.8 Å². The molecule has 4 aromatic rings. The molecular formula is C27H24ClFN4O3. The summed E-state index contributed by atoms with van der Waals surface area (Å²) in [5.41, 5.74) is 4.40. The number of rotatable bonds is 9. The van der Waals surface area contributed by atoms with Gasteiger partial charge in [0.15, 0.2) is 0 Å². The van der Waals surface area contributed by atoms with Crippen LogP contribution < -0.4 is 5.32 Å². The van der Waals surface area contributed by atoms with Crippen LogP contribution in [0.2, 0.25) is 5.02 Å². The average Bonchev–Trinajstić information content (AvgIpc) is 2.86. The van der Waals surface area contributed by atoms with Crippen LogP contribution in [0.5, 0.6) is 0 Å². The second kappa shape index (κ2) is 11.2. The number of carboxylic acid groups (broad SMARTS) is 1. The van der Waals surface area contributed by atoms with Gasteiger partial charge in [-0.1, -0.05) is 23.7 Å². The van der Waals surface area contributed by atoms with E-state index in [1.165, 1.54) is 12.1 Å². The Balaban J connectivity index is 1.62. The summed E-state index contributed by atoms with van der Waals surface area (Å²) in [5, 5.41) is 12.4. The summed E-state index contributed by atoms with van der Waals surface area (Å²) in [5.74, 6) is -1.59. The van der Waals surface area contributed by atoms with Crippen LogP contribution in [-0.4, -0.2) is 31.9 Å². The standard InChI is InChI=1S/C27H24ClFN4O3/c1-16(21-13-11-20(29)15-30-21)31-27(36)18-8-12-22-24(14-18)32-23(4-2-3-5-25(34)35)26(33-22)17-6-9-19(28)10-7-17/h6-16H,2-5H2,1H3,(H,31,36)(H,34,35)/t16-/m0/s1. The molecule has 1 atom stereocenters. The van der Waals surface area contributed by atoms with Crippen molar-refractivity contribution in [3.05, 3.63) is 88.6 Å². The van der Waals surface area contributed by atoms with Gasteiger partial charge in [-0.25, -0.2) is 14.4 Å². The highest BCUT2D eigenvalue weighted by Crippen LogP contribution is 2.27. The van der Waals surface area contributed by atoms with Crippen LogP contribution in [0.1, 0.15) is 54.0 Å². The average molecular weight is 507 g/mol. The number of nitrogens with zero attached hydrogens (tertiary/aromatic N) is 3. The first-order valence-electron chi connectivity index (χ1n) is 11.5. The van der Waals surface area contributed by atoms with E-state index in [0.717, 1.165) is 17.5 Å². The Morgan fingerprint density at radius 1 is 1.03 bits per heavy atom. The van der Waals surface area contributed by atoms with Crippen LogP contribution in [0, 0.1) is 5.82 Å². The zero-order chi connectivity index (χ0) is 25.7. The predicted molar refractivity (Wildman–Crippen MR) is 135 cm³/mol. The van der Waals surface area contributed by atoms with Gasteiger partial charge < -0.3 is 10.4 Å². The number of benzene rings is 2. The lowest BCUT2D eigenvalue weighted by molar-refractivity contribution is -0.137. The van der Waals surface area contributed by atoms with Gasteiger partial charge in [0.25, 0.3) is 5.91 Å². The molecule has 0 bridgehead atoms. The Labute approximate surface area is 212 Å². The van der Waals surface area contributed by atoms with Crippen molar-refractivity contribution in [3.63, 3.8) is 0 Å². The number of hydrogen-bond acceptors (Lipinski definition) is 5. The molecule has 7 nitrogen and oxygen atoms in total. The smallest absolute Gasteiger partial charge is 0.303 e. The zero-order valence-corrected chi connectivity index (χ0v) is 20.3. The first-order valence-corrected chi connectivity index (χ1v) is 11.9. The molecule has 0 aliphatic carbocycles. The first kappa shape index (κ1) is 25.2. The minimum Gasteiger partial charge on any atom is -0.481 e. The van der Waals surface area contributed by atoms with Gasteiger partial charge in [-0.15, -0.1) is 0 Å². The molecule has 0 spiro atoms. The number of hydrogen-bond donors (Lipinski definition) is 2. The molecule has 0 radical (unpaired) electrons. The molecule has 2 aromatic carbocycles. The number of unbranched alkanes of at least 4 members (excludes halogenated alkanes) is 1. The fourth-order valence-electron chi connectivity index (χ4n) is 3.81. The van der Waals surface area contributed by atoms with Gasteiger partial charge in [-0.2, -0.15) is 0 Å². The van der Waals surface area contributed by atoms with Crippen molar-refractivity contribution < 1.29 is 19.1 Å². The number of carbonyl (C=O) groups is 2. The topological polar surface area (TPSA) is 105 Å². The highest BCUT2D eigenvalue weighted by atomic mass is 35.5. The van der Waals surface area contributed by atoms with Crippen LogP contribution in [-0.2, 0) is 11.2 Å². The summed E-state index contributed by atoms with van der Waals surface area (Å²) >= 11 is 6.04. The maximum atomic E-state index is 13.2. The maximum Gasteiger partial charge on any atom is 0.303 e. The Morgan fingerprint density at radius 3 is 2.50 bits per heavy atom. The fourth-order valence-corrected chi connectivity index (χ4v) is 3.94. The second-order valence-corrected chi connectivity index (χ2v) is 8.86. The number of pyridine rings is 1. The number of carboxylic acids is 1. The number of halogens is 2. The molecule has 0 aliphatic rings. The molecule has 9 heteroatoms. The largest absolute Gasteiger partial charge is 0.481 e. The number of aromatic nitrogens is 3. The van der Waals surface area contributed by atoms with E-state index in [9.17, 15) is 14.0 Å². The van der Waals surface area contributed by atoms with Crippen LogP contribution >= 0.6 is 11.6 Å². The SMILES string of the molecule is C[C@H](NC(=O)c1ccc2nc(-c3ccc(Cl)cc3)c(CCCCC(=O)O)nc2c1)c1ccc(F)cn1. The monoisotopic (exact) mass is 506 g/mol. The molecule has 184 valence electrons. The normalized spacial score (nSPS) is 11.9. The molecule has 2 heterocycles. The van der Waals surface area contributed by atoms with Crippen molar-refractivity contribution in [3.8, 4) is 11.3 Å². The summed E-state index contributed by atoms with van der Waals surface area (Å²) < 4.78 is 13.2. The van der Waals surface area contributed by atoms with Crippen molar-refractivity contribution in [2.45, 2.75) is 38.6 Å². The van der Waals surface area contributed by atoms with E-state index >= 15 is 0 Å². The number of aryl methyl sites for hydroxylation is 1. The molecular weight excluding hydrogens is 483 g/mol. The molecule has 2 aromatic heterocycles. The van der Waals surface area contributed by atoms with Crippen molar-refractivity contribution in [1.29, 1.82) is 0 Å². The van der Waals surface area contributed by atoms with E-state index < -0.39 is 17.8 Å². The van der Waals surface area contributed by atoms with Crippen molar-refractivity contribution in [2.75, 3.05) is 0 Å². The Bertz CT molecular complexity index is 1400. The third kappa shape index (κ3) is 6.20. The number of amides is 1. The molecule has 0 saturated carbocycles. The maximum absolute atomic E-state index is 13.2. The summed E-state index contributed by atoms with van der Waals surface area (Å²) in [6.45, 7) is 1.77. The zero-order valence-electron chi connectivity index (χ0n) is 19.5. The number of fused-ring (bicyclic) bond motifs is 1. The molecule has 0 fully saturated rings. The second-order valence-electron chi connectivity index (χ2n) is 8.43. The van der Waals surface area contributed by atoms with E-state index in [1.54, 1.807) is 37.3 Å². The lowest BCUT2D eigenvalue weighted by Crippen LogP contribution is -2.27. The summed E-state index contributed by atoms with van der Waals surface area (Å²) in [6.07, 6.45) is 2.89. The molecule has 0 saturated heterocycles. The summed E-state index contributed by atoms with van der Waals surface area (Å²) in [6, 6.07) is 14.8. The van der Waals surface area contributed by atoms with Crippen LogP contribution in [0.25, 0.3) is 22.3 Å².